The molecule has 1 N–H and O–H groups in total. The minimum Gasteiger partial charge on any atom is -0.364 e. The maximum absolute atomic E-state index is 12.2. The lowest BCUT2D eigenvalue weighted by Gasteiger charge is -2.32. The lowest BCUT2D eigenvalue weighted by atomic mass is 10.0. The van der Waals surface area contributed by atoms with Gasteiger partial charge in [-0.15, -0.1) is 0 Å². The number of likely N-dealkylation sites (tertiary alicyclic amines) is 1. The van der Waals surface area contributed by atoms with E-state index in [0.717, 1.165) is 25.1 Å². The molecule has 0 spiro atoms. The predicted molar refractivity (Wildman–Crippen MR) is 61.1 cm³/mol. The van der Waals surface area contributed by atoms with Gasteiger partial charge in [-0.3, -0.25) is 4.79 Å². The zero-order valence-corrected chi connectivity index (χ0v) is 9.76. The standard InChI is InChI=1S/C12H17N3O2/c16-12-11(13-9-3-4-9)2-1-6-15(12)8-10-5-7-17-14-10/h5,7,9,11,13H,1-4,6,8H2. The van der Waals surface area contributed by atoms with E-state index in [4.69, 9.17) is 4.52 Å². The van der Waals surface area contributed by atoms with Crippen molar-refractivity contribution in [3.63, 3.8) is 0 Å². The largest absolute Gasteiger partial charge is 0.364 e. The number of nitrogens with zero attached hydrogens (tertiary/aromatic N) is 2. The highest BCUT2D eigenvalue weighted by molar-refractivity contribution is 5.82. The SMILES string of the molecule is O=C1C(NC2CC2)CCCN1Cc1ccon1. The van der Waals surface area contributed by atoms with Crippen molar-refractivity contribution in [2.45, 2.75) is 44.3 Å². The second-order valence-electron chi connectivity index (χ2n) is 4.89. The zero-order valence-electron chi connectivity index (χ0n) is 9.76. The van der Waals surface area contributed by atoms with E-state index < -0.39 is 0 Å². The quantitative estimate of drug-likeness (QED) is 0.843. The summed E-state index contributed by atoms with van der Waals surface area (Å²) in [6.45, 7) is 1.40. The molecule has 1 saturated carbocycles. The van der Waals surface area contributed by atoms with Crippen LogP contribution in [0.1, 0.15) is 31.4 Å². The van der Waals surface area contributed by atoms with Crippen LogP contribution in [0.2, 0.25) is 0 Å². The molecule has 5 nitrogen and oxygen atoms in total. The molecule has 1 aliphatic carbocycles. The lowest BCUT2D eigenvalue weighted by Crippen LogP contribution is -2.50. The molecule has 0 aromatic carbocycles. The van der Waals surface area contributed by atoms with Crippen LogP contribution in [0.25, 0.3) is 0 Å². The number of hydrogen-bond donors (Lipinski definition) is 1. The minimum atomic E-state index is 0.0168. The molecule has 1 unspecified atom stereocenters. The zero-order chi connectivity index (χ0) is 11.7. The minimum absolute atomic E-state index is 0.0168. The fourth-order valence-electron chi connectivity index (χ4n) is 2.30. The molecule has 0 bridgehead atoms. The third-order valence-electron chi connectivity index (χ3n) is 3.39. The van der Waals surface area contributed by atoms with E-state index >= 15 is 0 Å². The van der Waals surface area contributed by atoms with Gasteiger partial charge < -0.3 is 14.7 Å². The van der Waals surface area contributed by atoms with Gasteiger partial charge in [-0.05, 0) is 25.7 Å². The van der Waals surface area contributed by atoms with Crippen LogP contribution in [-0.4, -0.2) is 34.6 Å². The highest BCUT2D eigenvalue weighted by atomic mass is 16.5. The van der Waals surface area contributed by atoms with Gasteiger partial charge >= 0.3 is 0 Å². The number of piperidine rings is 1. The molecule has 1 saturated heterocycles. The summed E-state index contributed by atoms with van der Waals surface area (Å²) in [6, 6.07) is 2.41. The van der Waals surface area contributed by atoms with Gasteiger partial charge in [0.05, 0.1) is 12.6 Å². The molecular weight excluding hydrogens is 218 g/mol. The van der Waals surface area contributed by atoms with Crippen LogP contribution in [0.5, 0.6) is 0 Å². The number of carbonyl (C=O) groups is 1. The molecule has 1 aromatic rings. The molecule has 17 heavy (non-hydrogen) atoms. The Kier molecular flexibility index (Phi) is 2.84. The molecule has 92 valence electrons. The Morgan fingerprint density at radius 3 is 3.06 bits per heavy atom. The fourth-order valence-corrected chi connectivity index (χ4v) is 2.30. The third-order valence-corrected chi connectivity index (χ3v) is 3.39. The first-order valence-electron chi connectivity index (χ1n) is 6.27. The van der Waals surface area contributed by atoms with Gasteiger partial charge in [-0.1, -0.05) is 5.16 Å². The fraction of sp³-hybridized carbons (Fsp3) is 0.667. The molecule has 3 rings (SSSR count). The second kappa shape index (κ2) is 4.49. The first kappa shape index (κ1) is 10.8. The Labute approximate surface area is 100 Å². The van der Waals surface area contributed by atoms with E-state index in [1.165, 1.54) is 12.8 Å². The Morgan fingerprint density at radius 2 is 2.35 bits per heavy atom. The van der Waals surface area contributed by atoms with Gasteiger partial charge in [-0.2, -0.15) is 0 Å². The summed E-state index contributed by atoms with van der Waals surface area (Å²) in [5.41, 5.74) is 0.824. The number of aromatic nitrogens is 1. The maximum atomic E-state index is 12.2. The first-order valence-corrected chi connectivity index (χ1v) is 6.27. The molecule has 1 atom stereocenters. The number of hydrogen-bond acceptors (Lipinski definition) is 4. The van der Waals surface area contributed by atoms with E-state index in [0.29, 0.717) is 12.6 Å². The number of nitrogens with one attached hydrogen (secondary N) is 1. The molecule has 1 amide bonds. The van der Waals surface area contributed by atoms with Gasteiger partial charge in [0.15, 0.2) is 0 Å². The Morgan fingerprint density at radius 1 is 1.47 bits per heavy atom. The Hall–Kier alpha value is -1.36. The molecule has 2 aliphatic rings. The lowest BCUT2D eigenvalue weighted by molar-refractivity contribution is -0.136. The van der Waals surface area contributed by atoms with E-state index in [9.17, 15) is 4.79 Å². The average molecular weight is 235 g/mol. The highest BCUT2D eigenvalue weighted by Crippen LogP contribution is 2.23. The maximum Gasteiger partial charge on any atom is 0.240 e. The molecular formula is C12H17N3O2. The molecule has 2 heterocycles. The van der Waals surface area contributed by atoms with Gasteiger partial charge in [0.2, 0.25) is 5.91 Å². The second-order valence-corrected chi connectivity index (χ2v) is 4.89. The van der Waals surface area contributed by atoms with Gasteiger partial charge in [-0.25, -0.2) is 0 Å². The smallest absolute Gasteiger partial charge is 0.240 e. The number of carbonyl (C=O) groups excluding carboxylic acids is 1. The normalized spacial score (nSPS) is 25.3. The summed E-state index contributed by atoms with van der Waals surface area (Å²) in [5, 5.41) is 7.27. The van der Waals surface area contributed by atoms with E-state index in [1.54, 1.807) is 6.26 Å². The van der Waals surface area contributed by atoms with Crippen LogP contribution in [-0.2, 0) is 11.3 Å². The summed E-state index contributed by atoms with van der Waals surface area (Å²) >= 11 is 0. The van der Waals surface area contributed by atoms with Crippen molar-refractivity contribution in [1.82, 2.24) is 15.4 Å². The Balaban J connectivity index is 1.61. The third kappa shape index (κ3) is 2.49. The van der Waals surface area contributed by atoms with Crippen molar-refractivity contribution in [3.8, 4) is 0 Å². The molecule has 1 aliphatic heterocycles. The topological polar surface area (TPSA) is 58.4 Å². The van der Waals surface area contributed by atoms with Crippen LogP contribution in [0, 0.1) is 0 Å². The van der Waals surface area contributed by atoms with Crippen molar-refractivity contribution in [3.05, 3.63) is 18.0 Å². The van der Waals surface area contributed by atoms with Crippen molar-refractivity contribution < 1.29 is 9.32 Å². The van der Waals surface area contributed by atoms with Crippen LogP contribution < -0.4 is 5.32 Å². The van der Waals surface area contributed by atoms with Crippen molar-refractivity contribution in [1.29, 1.82) is 0 Å². The monoisotopic (exact) mass is 235 g/mol. The summed E-state index contributed by atoms with van der Waals surface area (Å²) < 4.78 is 4.79. The Bertz CT molecular complexity index is 386. The van der Waals surface area contributed by atoms with Crippen LogP contribution in [0.4, 0.5) is 0 Å². The van der Waals surface area contributed by atoms with Crippen LogP contribution in [0.3, 0.4) is 0 Å². The molecule has 0 radical (unpaired) electrons. The van der Waals surface area contributed by atoms with E-state index in [2.05, 4.69) is 10.5 Å². The van der Waals surface area contributed by atoms with E-state index in [1.807, 2.05) is 11.0 Å². The predicted octanol–water partition coefficient (Wildman–Crippen LogP) is 0.918. The summed E-state index contributed by atoms with van der Waals surface area (Å²) in [6.07, 6.45) is 6.00. The summed E-state index contributed by atoms with van der Waals surface area (Å²) in [4.78, 5) is 14.1. The number of amides is 1. The van der Waals surface area contributed by atoms with Crippen LogP contribution in [0.15, 0.2) is 16.9 Å². The highest BCUT2D eigenvalue weighted by Gasteiger charge is 2.33. The van der Waals surface area contributed by atoms with Crippen molar-refractivity contribution in [2.75, 3.05) is 6.54 Å². The van der Waals surface area contributed by atoms with Gasteiger partial charge in [0.1, 0.15) is 12.0 Å². The first-order chi connectivity index (χ1) is 8.33. The summed E-state index contributed by atoms with van der Waals surface area (Å²) in [7, 11) is 0. The van der Waals surface area contributed by atoms with Crippen LogP contribution >= 0.6 is 0 Å². The number of rotatable bonds is 4. The molecule has 1 aromatic heterocycles. The van der Waals surface area contributed by atoms with Gasteiger partial charge in [0, 0.05) is 18.7 Å². The molecule has 5 heteroatoms. The summed E-state index contributed by atoms with van der Waals surface area (Å²) in [5.74, 6) is 0.214. The van der Waals surface area contributed by atoms with E-state index in [-0.39, 0.29) is 11.9 Å². The van der Waals surface area contributed by atoms with Crippen molar-refractivity contribution in [2.24, 2.45) is 0 Å². The molecule has 2 fully saturated rings. The average Bonchev–Trinajstić information content (AvgIpc) is 2.99. The van der Waals surface area contributed by atoms with Crippen molar-refractivity contribution >= 4 is 5.91 Å². The van der Waals surface area contributed by atoms with Gasteiger partial charge in [0.25, 0.3) is 0 Å².